The standard InChI is InChI=1S/C14H22ClNO3/c1-2-11(7-8-17)16-9-12(18)10-19-14-6-4-3-5-13(14)15/h3-6,11-12,16-18H,2,7-10H2,1H3. The minimum absolute atomic E-state index is 0.151. The molecule has 0 aliphatic rings. The fraction of sp³-hybridized carbons (Fsp3) is 0.571. The van der Waals surface area contributed by atoms with Gasteiger partial charge in [-0.15, -0.1) is 0 Å². The van der Waals surface area contributed by atoms with E-state index in [1.807, 2.05) is 19.1 Å². The van der Waals surface area contributed by atoms with Crippen LogP contribution in [0.3, 0.4) is 0 Å². The Bertz CT molecular complexity index is 362. The van der Waals surface area contributed by atoms with Crippen LogP contribution in [0.4, 0.5) is 0 Å². The first kappa shape index (κ1) is 16.2. The van der Waals surface area contributed by atoms with E-state index in [0.29, 0.717) is 23.7 Å². The largest absolute Gasteiger partial charge is 0.489 e. The summed E-state index contributed by atoms with van der Waals surface area (Å²) < 4.78 is 5.45. The second-order valence-corrected chi connectivity index (χ2v) is 4.83. The molecule has 1 aromatic rings. The first-order chi connectivity index (χ1) is 9.17. The number of hydrogen-bond acceptors (Lipinski definition) is 4. The fourth-order valence-corrected chi connectivity index (χ4v) is 1.91. The number of halogens is 1. The van der Waals surface area contributed by atoms with Gasteiger partial charge in [-0.25, -0.2) is 0 Å². The van der Waals surface area contributed by atoms with Gasteiger partial charge in [0.2, 0.25) is 0 Å². The Balaban J connectivity index is 2.28. The van der Waals surface area contributed by atoms with Crippen LogP contribution in [-0.4, -0.2) is 42.1 Å². The van der Waals surface area contributed by atoms with Gasteiger partial charge in [-0.2, -0.15) is 0 Å². The molecule has 0 bridgehead atoms. The van der Waals surface area contributed by atoms with Crippen LogP contribution in [0.1, 0.15) is 19.8 Å². The van der Waals surface area contributed by atoms with Gasteiger partial charge in [-0.1, -0.05) is 30.7 Å². The lowest BCUT2D eigenvalue weighted by atomic mass is 10.1. The predicted octanol–water partition coefficient (Wildman–Crippen LogP) is 1.83. The molecule has 3 N–H and O–H groups in total. The van der Waals surface area contributed by atoms with Crippen molar-refractivity contribution in [1.29, 1.82) is 0 Å². The van der Waals surface area contributed by atoms with Gasteiger partial charge in [0.25, 0.3) is 0 Å². The summed E-state index contributed by atoms with van der Waals surface area (Å²) in [5.74, 6) is 0.575. The molecule has 1 rings (SSSR count). The molecule has 0 amide bonds. The van der Waals surface area contributed by atoms with Crippen molar-refractivity contribution in [2.75, 3.05) is 19.8 Å². The van der Waals surface area contributed by atoms with Crippen LogP contribution in [-0.2, 0) is 0 Å². The molecule has 19 heavy (non-hydrogen) atoms. The minimum atomic E-state index is -0.607. The van der Waals surface area contributed by atoms with E-state index in [1.54, 1.807) is 12.1 Å². The quantitative estimate of drug-likeness (QED) is 0.648. The number of aliphatic hydroxyl groups excluding tert-OH is 2. The number of nitrogens with one attached hydrogen (secondary N) is 1. The van der Waals surface area contributed by atoms with Gasteiger partial charge < -0.3 is 20.3 Å². The molecule has 1 aromatic carbocycles. The van der Waals surface area contributed by atoms with Crippen molar-refractivity contribution in [2.24, 2.45) is 0 Å². The molecule has 5 heteroatoms. The lowest BCUT2D eigenvalue weighted by Gasteiger charge is -2.19. The van der Waals surface area contributed by atoms with Crippen LogP contribution in [0.2, 0.25) is 5.02 Å². The van der Waals surface area contributed by atoms with Crippen LogP contribution in [0.5, 0.6) is 5.75 Å². The Morgan fingerprint density at radius 1 is 1.37 bits per heavy atom. The minimum Gasteiger partial charge on any atom is -0.489 e. The van der Waals surface area contributed by atoms with E-state index >= 15 is 0 Å². The number of rotatable bonds is 9. The Labute approximate surface area is 119 Å². The van der Waals surface area contributed by atoms with Crippen LogP contribution in [0.15, 0.2) is 24.3 Å². The van der Waals surface area contributed by atoms with Crippen molar-refractivity contribution < 1.29 is 14.9 Å². The molecule has 0 saturated carbocycles. The summed E-state index contributed by atoms with van der Waals surface area (Å²) in [5.41, 5.74) is 0. The molecule has 0 heterocycles. The lowest BCUT2D eigenvalue weighted by Crippen LogP contribution is -2.38. The second kappa shape index (κ2) is 9.15. The van der Waals surface area contributed by atoms with E-state index in [1.165, 1.54) is 0 Å². The van der Waals surface area contributed by atoms with Crippen LogP contribution >= 0.6 is 11.6 Å². The Kier molecular flexibility index (Phi) is 7.82. The Morgan fingerprint density at radius 2 is 2.11 bits per heavy atom. The first-order valence-corrected chi connectivity index (χ1v) is 6.94. The highest BCUT2D eigenvalue weighted by Gasteiger charge is 2.10. The smallest absolute Gasteiger partial charge is 0.138 e. The van der Waals surface area contributed by atoms with Crippen molar-refractivity contribution in [1.82, 2.24) is 5.32 Å². The van der Waals surface area contributed by atoms with Crippen LogP contribution < -0.4 is 10.1 Å². The highest BCUT2D eigenvalue weighted by atomic mass is 35.5. The van der Waals surface area contributed by atoms with Gasteiger partial charge in [0, 0.05) is 19.2 Å². The summed E-state index contributed by atoms with van der Waals surface area (Å²) in [6, 6.07) is 7.40. The molecule has 2 atom stereocenters. The SMILES string of the molecule is CCC(CCO)NCC(O)COc1ccccc1Cl. The molecule has 0 fully saturated rings. The van der Waals surface area contributed by atoms with Crippen molar-refractivity contribution in [3.8, 4) is 5.75 Å². The average Bonchev–Trinajstić information content (AvgIpc) is 2.42. The third-order valence-corrected chi connectivity index (χ3v) is 3.19. The molecule has 4 nitrogen and oxygen atoms in total. The fourth-order valence-electron chi connectivity index (χ4n) is 1.72. The number of benzene rings is 1. The summed E-state index contributed by atoms with van der Waals surface area (Å²) in [6.07, 6.45) is 0.997. The van der Waals surface area contributed by atoms with Crippen molar-refractivity contribution in [2.45, 2.75) is 31.9 Å². The lowest BCUT2D eigenvalue weighted by molar-refractivity contribution is 0.102. The molecule has 2 unspecified atom stereocenters. The van der Waals surface area contributed by atoms with Crippen molar-refractivity contribution in [3.05, 3.63) is 29.3 Å². The zero-order chi connectivity index (χ0) is 14.1. The molecule has 0 spiro atoms. The van der Waals surface area contributed by atoms with Gasteiger partial charge in [-0.3, -0.25) is 0 Å². The van der Waals surface area contributed by atoms with E-state index in [2.05, 4.69) is 5.32 Å². The van der Waals surface area contributed by atoms with Crippen molar-refractivity contribution >= 4 is 11.6 Å². The molecule has 108 valence electrons. The number of hydrogen-bond donors (Lipinski definition) is 3. The van der Waals surface area contributed by atoms with E-state index in [0.717, 1.165) is 6.42 Å². The highest BCUT2D eigenvalue weighted by Crippen LogP contribution is 2.23. The summed E-state index contributed by atoms with van der Waals surface area (Å²) in [5, 5.41) is 22.4. The summed E-state index contributed by atoms with van der Waals surface area (Å²) in [6.45, 7) is 2.81. The molecule has 0 radical (unpaired) electrons. The zero-order valence-electron chi connectivity index (χ0n) is 11.2. The predicted molar refractivity (Wildman–Crippen MR) is 76.7 cm³/mol. The van der Waals surface area contributed by atoms with Crippen molar-refractivity contribution in [3.63, 3.8) is 0 Å². The normalized spacial score (nSPS) is 14.1. The van der Waals surface area contributed by atoms with E-state index < -0.39 is 6.10 Å². The Morgan fingerprint density at radius 3 is 2.74 bits per heavy atom. The number of ether oxygens (including phenoxy) is 1. The van der Waals surface area contributed by atoms with Gasteiger partial charge in [-0.05, 0) is 25.0 Å². The highest BCUT2D eigenvalue weighted by molar-refractivity contribution is 6.32. The van der Waals surface area contributed by atoms with Gasteiger partial charge in [0.1, 0.15) is 18.5 Å². The maximum absolute atomic E-state index is 9.82. The zero-order valence-corrected chi connectivity index (χ0v) is 11.9. The molecular formula is C14H22ClNO3. The average molecular weight is 288 g/mol. The molecule has 0 aliphatic heterocycles. The van der Waals surface area contributed by atoms with Crippen LogP contribution in [0.25, 0.3) is 0 Å². The molecule has 0 aromatic heterocycles. The number of aliphatic hydroxyl groups is 2. The van der Waals surface area contributed by atoms with E-state index in [-0.39, 0.29) is 19.3 Å². The summed E-state index contributed by atoms with van der Waals surface area (Å²) in [7, 11) is 0. The molecule has 0 aliphatic carbocycles. The summed E-state index contributed by atoms with van der Waals surface area (Å²) in [4.78, 5) is 0. The Hall–Kier alpha value is -0.810. The van der Waals surface area contributed by atoms with Gasteiger partial charge in [0.15, 0.2) is 0 Å². The second-order valence-electron chi connectivity index (χ2n) is 4.42. The first-order valence-electron chi connectivity index (χ1n) is 6.57. The maximum Gasteiger partial charge on any atom is 0.138 e. The third kappa shape index (κ3) is 6.25. The maximum atomic E-state index is 9.82. The van der Waals surface area contributed by atoms with E-state index in [4.69, 9.17) is 21.4 Å². The van der Waals surface area contributed by atoms with E-state index in [9.17, 15) is 5.11 Å². The number of para-hydroxylation sites is 1. The van der Waals surface area contributed by atoms with Gasteiger partial charge in [0.05, 0.1) is 5.02 Å². The van der Waals surface area contributed by atoms with Gasteiger partial charge >= 0.3 is 0 Å². The third-order valence-electron chi connectivity index (χ3n) is 2.88. The van der Waals surface area contributed by atoms with Crippen LogP contribution in [0, 0.1) is 0 Å². The monoisotopic (exact) mass is 287 g/mol. The summed E-state index contributed by atoms with van der Waals surface area (Å²) >= 11 is 5.95. The molecular weight excluding hydrogens is 266 g/mol. The topological polar surface area (TPSA) is 61.7 Å². The molecule has 0 saturated heterocycles.